The topological polar surface area (TPSA) is 12.9 Å². The van der Waals surface area contributed by atoms with Crippen LogP contribution >= 0.6 is 22.7 Å². The first kappa shape index (κ1) is 9.07. The van der Waals surface area contributed by atoms with Crippen molar-refractivity contribution in [1.29, 1.82) is 0 Å². The summed E-state index contributed by atoms with van der Waals surface area (Å²) in [6, 6.07) is 12.6. The molecule has 0 saturated heterocycles. The molecule has 1 nitrogen and oxygen atoms in total. The van der Waals surface area contributed by atoms with E-state index in [1.54, 1.807) is 22.7 Å². The summed E-state index contributed by atoms with van der Waals surface area (Å²) in [6.07, 6.45) is 0.969. The fourth-order valence-electron chi connectivity index (χ4n) is 1.56. The number of rotatable bonds is 2. The number of hydrogen-bond acceptors (Lipinski definition) is 3. The van der Waals surface area contributed by atoms with E-state index in [0.717, 1.165) is 11.9 Å². The van der Waals surface area contributed by atoms with Crippen LogP contribution in [-0.2, 0) is 6.42 Å². The first-order valence-corrected chi connectivity index (χ1v) is 6.48. The maximum absolute atomic E-state index is 4.61. The Hall–Kier alpha value is -1.19. The quantitative estimate of drug-likeness (QED) is 0.651. The molecular formula is C12H9NS2. The van der Waals surface area contributed by atoms with E-state index in [1.165, 1.54) is 14.6 Å². The standard InChI is InChI=1S/C12H9NS2/c1-2-6-11-10(5-1)13-12(15-11)8-9-4-3-7-14-9/h1-7H,8H2. The highest BCUT2D eigenvalue weighted by atomic mass is 32.1. The highest BCUT2D eigenvalue weighted by Gasteiger charge is 2.04. The van der Waals surface area contributed by atoms with E-state index in [2.05, 4.69) is 40.7 Å². The summed E-state index contributed by atoms with van der Waals surface area (Å²) in [5.41, 5.74) is 1.12. The van der Waals surface area contributed by atoms with E-state index in [4.69, 9.17) is 0 Å². The summed E-state index contributed by atoms with van der Waals surface area (Å²) in [4.78, 5) is 6.00. The van der Waals surface area contributed by atoms with E-state index in [-0.39, 0.29) is 0 Å². The van der Waals surface area contributed by atoms with Gasteiger partial charge in [0.05, 0.1) is 15.2 Å². The van der Waals surface area contributed by atoms with Crippen molar-refractivity contribution in [2.75, 3.05) is 0 Å². The summed E-state index contributed by atoms with van der Waals surface area (Å²) in [6.45, 7) is 0. The molecule has 3 rings (SSSR count). The van der Waals surface area contributed by atoms with Crippen LogP contribution < -0.4 is 0 Å². The fraction of sp³-hybridized carbons (Fsp3) is 0.0833. The molecule has 0 unspecified atom stereocenters. The van der Waals surface area contributed by atoms with Gasteiger partial charge in [-0.2, -0.15) is 0 Å². The van der Waals surface area contributed by atoms with Crippen molar-refractivity contribution in [3.8, 4) is 0 Å². The molecule has 0 spiro atoms. The van der Waals surface area contributed by atoms with Crippen molar-refractivity contribution >= 4 is 32.9 Å². The summed E-state index contributed by atoms with van der Waals surface area (Å²) in [5.74, 6) is 0. The lowest BCUT2D eigenvalue weighted by atomic mass is 10.3. The molecule has 0 N–H and O–H groups in total. The van der Waals surface area contributed by atoms with E-state index in [1.807, 2.05) is 6.07 Å². The number of hydrogen-bond donors (Lipinski definition) is 0. The van der Waals surface area contributed by atoms with Gasteiger partial charge in [-0.1, -0.05) is 18.2 Å². The van der Waals surface area contributed by atoms with Gasteiger partial charge in [-0.3, -0.25) is 0 Å². The Morgan fingerprint density at radius 1 is 1.07 bits per heavy atom. The van der Waals surface area contributed by atoms with Crippen molar-refractivity contribution in [3.63, 3.8) is 0 Å². The van der Waals surface area contributed by atoms with Gasteiger partial charge in [0.25, 0.3) is 0 Å². The third-order valence-electron chi connectivity index (χ3n) is 2.24. The van der Waals surface area contributed by atoms with E-state index < -0.39 is 0 Å². The average Bonchev–Trinajstić information content (AvgIpc) is 2.86. The van der Waals surface area contributed by atoms with Gasteiger partial charge in [-0.05, 0) is 23.6 Å². The number of fused-ring (bicyclic) bond motifs is 1. The molecule has 0 amide bonds. The number of para-hydroxylation sites is 1. The van der Waals surface area contributed by atoms with Gasteiger partial charge in [0, 0.05) is 11.3 Å². The lowest BCUT2D eigenvalue weighted by Gasteiger charge is -1.89. The number of benzene rings is 1. The van der Waals surface area contributed by atoms with Gasteiger partial charge in [-0.15, -0.1) is 22.7 Å². The van der Waals surface area contributed by atoms with E-state index >= 15 is 0 Å². The number of thiophene rings is 1. The summed E-state index contributed by atoms with van der Waals surface area (Å²) >= 11 is 3.59. The molecule has 3 heteroatoms. The second-order valence-electron chi connectivity index (χ2n) is 3.33. The Bertz CT molecular complexity index is 533. The lowest BCUT2D eigenvalue weighted by Crippen LogP contribution is -1.80. The SMILES string of the molecule is c1csc(Cc2nc3ccccc3s2)c1. The Morgan fingerprint density at radius 3 is 2.80 bits per heavy atom. The molecule has 0 radical (unpaired) electrons. The lowest BCUT2D eigenvalue weighted by molar-refractivity contribution is 1.19. The number of aromatic nitrogens is 1. The maximum atomic E-state index is 4.61. The monoisotopic (exact) mass is 231 g/mol. The minimum Gasteiger partial charge on any atom is -0.241 e. The van der Waals surface area contributed by atoms with Crippen molar-refractivity contribution in [3.05, 3.63) is 51.7 Å². The van der Waals surface area contributed by atoms with Crippen molar-refractivity contribution in [1.82, 2.24) is 4.98 Å². The zero-order chi connectivity index (χ0) is 10.1. The summed E-state index contributed by atoms with van der Waals surface area (Å²) in [7, 11) is 0. The molecule has 0 aliphatic heterocycles. The average molecular weight is 231 g/mol. The van der Waals surface area contributed by atoms with Gasteiger partial charge in [0.2, 0.25) is 0 Å². The summed E-state index contributed by atoms with van der Waals surface area (Å²) < 4.78 is 1.28. The first-order chi connectivity index (χ1) is 7.42. The molecule has 3 aromatic rings. The minimum absolute atomic E-state index is 0.969. The van der Waals surface area contributed by atoms with Crippen LogP contribution in [-0.4, -0.2) is 4.98 Å². The van der Waals surface area contributed by atoms with Gasteiger partial charge < -0.3 is 0 Å². The molecule has 0 saturated carbocycles. The van der Waals surface area contributed by atoms with E-state index in [0.29, 0.717) is 0 Å². The normalized spacial score (nSPS) is 10.9. The van der Waals surface area contributed by atoms with Crippen molar-refractivity contribution in [2.45, 2.75) is 6.42 Å². The minimum atomic E-state index is 0.969. The molecule has 0 aliphatic carbocycles. The van der Waals surface area contributed by atoms with Crippen LogP contribution in [0.5, 0.6) is 0 Å². The van der Waals surface area contributed by atoms with Crippen LogP contribution in [0.3, 0.4) is 0 Å². The van der Waals surface area contributed by atoms with Crippen LogP contribution in [0, 0.1) is 0 Å². The van der Waals surface area contributed by atoms with Gasteiger partial charge in [0.15, 0.2) is 0 Å². The van der Waals surface area contributed by atoms with Crippen LogP contribution in [0.1, 0.15) is 9.88 Å². The molecule has 0 fully saturated rings. The van der Waals surface area contributed by atoms with E-state index in [9.17, 15) is 0 Å². The molecule has 0 atom stereocenters. The van der Waals surface area contributed by atoms with Crippen LogP contribution in [0.4, 0.5) is 0 Å². The zero-order valence-corrected chi connectivity index (χ0v) is 9.65. The maximum Gasteiger partial charge on any atom is 0.0990 e. The first-order valence-electron chi connectivity index (χ1n) is 4.79. The molecular weight excluding hydrogens is 222 g/mol. The Labute approximate surface area is 96.0 Å². The van der Waals surface area contributed by atoms with Gasteiger partial charge >= 0.3 is 0 Å². The molecule has 0 aliphatic rings. The van der Waals surface area contributed by atoms with Crippen LogP contribution in [0.2, 0.25) is 0 Å². The summed E-state index contributed by atoms with van der Waals surface area (Å²) in [5, 5.41) is 3.32. The molecule has 74 valence electrons. The third-order valence-corrected chi connectivity index (χ3v) is 4.16. The highest BCUT2D eigenvalue weighted by molar-refractivity contribution is 7.18. The highest BCUT2D eigenvalue weighted by Crippen LogP contribution is 2.24. The van der Waals surface area contributed by atoms with Gasteiger partial charge in [0.1, 0.15) is 0 Å². The molecule has 2 aromatic heterocycles. The Morgan fingerprint density at radius 2 is 2.00 bits per heavy atom. The predicted octanol–water partition coefficient (Wildman–Crippen LogP) is 3.95. The Kier molecular flexibility index (Phi) is 2.27. The molecule has 0 bridgehead atoms. The molecule has 2 heterocycles. The van der Waals surface area contributed by atoms with Crippen LogP contribution in [0.15, 0.2) is 41.8 Å². The molecule has 1 aromatic carbocycles. The Balaban J connectivity index is 1.98. The second kappa shape index (κ2) is 3.76. The smallest absolute Gasteiger partial charge is 0.0990 e. The van der Waals surface area contributed by atoms with Crippen LogP contribution in [0.25, 0.3) is 10.2 Å². The fourth-order valence-corrected chi connectivity index (χ4v) is 3.35. The van der Waals surface area contributed by atoms with Crippen molar-refractivity contribution < 1.29 is 0 Å². The number of nitrogens with zero attached hydrogens (tertiary/aromatic N) is 1. The zero-order valence-electron chi connectivity index (χ0n) is 8.01. The van der Waals surface area contributed by atoms with Crippen molar-refractivity contribution in [2.24, 2.45) is 0 Å². The second-order valence-corrected chi connectivity index (χ2v) is 5.48. The third kappa shape index (κ3) is 1.80. The molecule has 15 heavy (non-hydrogen) atoms. The largest absolute Gasteiger partial charge is 0.241 e. The predicted molar refractivity (Wildman–Crippen MR) is 66.7 cm³/mol. The van der Waals surface area contributed by atoms with Gasteiger partial charge in [-0.25, -0.2) is 4.98 Å². The number of thiazole rings is 1.